The van der Waals surface area contributed by atoms with Crippen LogP contribution in [0.1, 0.15) is 0 Å². The summed E-state index contributed by atoms with van der Waals surface area (Å²) in [6.45, 7) is 0. The Morgan fingerprint density at radius 2 is 0.372 bits per heavy atom. The molecule has 0 unspecified atom stereocenters. The van der Waals surface area contributed by atoms with Crippen molar-refractivity contribution in [3.63, 3.8) is 0 Å². The largest absolute Gasteiger partial charge is 0.295 e. The molecule has 0 saturated carbocycles. The molecule has 0 radical (unpaired) electrons. The maximum atomic E-state index is 12.6. The number of halogens is 6. The van der Waals surface area contributed by atoms with Gasteiger partial charge in [-0.15, -0.1) is 0 Å². The highest BCUT2D eigenvalue weighted by Gasteiger charge is 1.95. The second-order valence-corrected chi connectivity index (χ2v) is 13.8. The predicted molar refractivity (Wildman–Crippen MR) is 318 cm³/mol. The van der Waals surface area contributed by atoms with E-state index in [4.69, 9.17) is 0 Å². The number of nitrogens with zero attached hydrogens (tertiary/aromatic N) is 12. The first-order valence-electron chi connectivity index (χ1n) is 22.7. The van der Waals surface area contributed by atoms with Crippen molar-refractivity contribution in [2.24, 2.45) is 60.6 Å². The Bertz CT molecular complexity index is 2430. The van der Waals surface area contributed by atoms with Crippen LogP contribution in [-0.4, -0.2) is 117 Å². The van der Waals surface area contributed by atoms with E-state index in [9.17, 15) is 26.3 Å². The number of hydrogen-bond donors (Lipinski definition) is 6. The summed E-state index contributed by atoms with van der Waals surface area (Å²) in [6, 6.07) is 36.5. The number of rotatable bonds is 18. The van der Waals surface area contributed by atoms with Gasteiger partial charge in [-0.1, -0.05) is 36.4 Å². The molecule has 6 aromatic rings. The highest BCUT2D eigenvalue weighted by Crippen LogP contribution is 2.12. The molecule has 18 nitrogen and oxygen atoms in total. The molecule has 24 heteroatoms. The standard InChI is InChI=1S/6C9H10FN3/c6*1-11-5-6-12-13-9-4-2-3-8(10)7-9/h6*2-7,13H,1H3/b6*11-5?,12-6+. The molecule has 6 rings (SSSR count). The molecule has 0 bridgehead atoms. The molecule has 0 aliphatic carbocycles. The molecule has 0 saturated heterocycles. The lowest BCUT2D eigenvalue weighted by Crippen LogP contribution is -1.90. The normalized spacial score (nSPS) is 11.2. The number of anilines is 6. The van der Waals surface area contributed by atoms with E-state index >= 15 is 0 Å². The summed E-state index contributed by atoms with van der Waals surface area (Å²) < 4.78 is 75.7. The molecular formula is C54H60F6N18. The first kappa shape index (κ1) is 65.8. The van der Waals surface area contributed by atoms with Crippen molar-refractivity contribution in [2.75, 3.05) is 74.8 Å². The summed E-state index contributed by atoms with van der Waals surface area (Å²) >= 11 is 0. The monoisotopic (exact) mass is 1070 g/mol. The molecule has 0 aromatic heterocycles. The minimum absolute atomic E-state index is 0.288. The average molecular weight is 1080 g/mol. The fraction of sp³-hybridized carbons (Fsp3) is 0.111. The Kier molecular flexibility index (Phi) is 38.2. The Hall–Kier alpha value is -10.3. The lowest BCUT2D eigenvalue weighted by atomic mass is 10.3. The van der Waals surface area contributed by atoms with Crippen molar-refractivity contribution in [2.45, 2.75) is 0 Å². The maximum Gasteiger partial charge on any atom is 0.125 e. The van der Waals surface area contributed by atoms with Crippen LogP contribution in [0.15, 0.2) is 206 Å². The van der Waals surface area contributed by atoms with E-state index in [-0.39, 0.29) is 34.9 Å². The molecule has 0 fully saturated rings. The summed E-state index contributed by atoms with van der Waals surface area (Å²) in [7, 11) is 9.88. The minimum atomic E-state index is -0.288. The number of aliphatic imine (C=N–C) groups is 6. The van der Waals surface area contributed by atoms with Crippen molar-refractivity contribution in [1.29, 1.82) is 0 Å². The third-order valence-electron chi connectivity index (χ3n) is 7.85. The molecule has 0 aliphatic heterocycles. The summed E-state index contributed by atoms with van der Waals surface area (Å²) in [5.41, 5.74) is 19.6. The smallest absolute Gasteiger partial charge is 0.125 e. The number of benzene rings is 6. The summed E-state index contributed by atoms with van der Waals surface area (Å²) in [6.07, 6.45) is 18.2. The van der Waals surface area contributed by atoms with Crippen molar-refractivity contribution in [3.05, 3.63) is 180 Å². The van der Waals surface area contributed by atoms with Gasteiger partial charge in [0, 0.05) is 79.6 Å². The summed E-state index contributed by atoms with van der Waals surface area (Å²) in [5.74, 6) is -1.73. The molecule has 6 aromatic carbocycles. The topological polar surface area (TPSA) is 221 Å². The predicted octanol–water partition coefficient (Wildman–Crippen LogP) is 11.5. The van der Waals surface area contributed by atoms with Crippen molar-refractivity contribution in [3.8, 4) is 0 Å². The van der Waals surface area contributed by atoms with Crippen molar-refractivity contribution >= 4 is 109 Å². The van der Waals surface area contributed by atoms with Gasteiger partial charge in [0.15, 0.2) is 0 Å². The molecule has 408 valence electrons. The average Bonchev–Trinajstić information content (AvgIpc) is 3.43. The van der Waals surface area contributed by atoms with E-state index in [1.54, 1.807) is 115 Å². The summed E-state index contributed by atoms with van der Waals surface area (Å²) in [4.78, 5) is 22.2. The number of nitrogens with one attached hydrogen (secondary N) is 6. The molecule has 0 heterocycles. The van der Waals surface area contributed by atoms with E-state index in [0.717, 1.165) is 0 Å². The van der Waals surface area contributed by atoms with Gasteiger partial charge in [-0.2, -0.15) is 30.6 Å². The van der Waals surface area contributed by atoms with E-state index in [1.807, 2.05) is 0 Å². The van der Waals surface area contributed by atoms with Gasteiger partial charge in [0.05, 0.1) is 71.4 Å². The summed E-state index contributed by atoms with van der Waals surface area (Å²) in [5, 5.41) is 22.7. The first-order chi connectivity index (χ1) is 38.0. The van der Waals surface area contributed by atoms with E-state index < -0.39 is 0 Å². The van der Waals surface area contributed by atoms with Gasteiger partial charge in [0.1, 0.15) is 34.9 Å². The van der Waals surface area contributed by atoms with Gasteiger partial charge in [0.25, 0.3) is 0 Å². The van der Waals surface area contributed by atoms with Crippen LogP contribution in [0, 0.1) is 34.9 Å². The molecular weight excluding hydrogens is 1010 g/mol. The zero-order chi connectivity index (χ0) is 57.1. The quantitative estimate of drug-likeness (QED) is 0.0279. The van der Waals surface area contributed by atoms with Crippen LogP contribution < -0.4 is 32.6 Å². The third-order valence-corrected chi connectivity index (χ3v) is 7.85. The van der Waals surface area contributed by atoms with E-state index in [1.165, 1.54) is 147 Å². The van der Waals surface area contributed by atoms with Gasteiger partial charge in [-0.05, 0) is 109 Å². The van der Waals surface area contributed by atoms with Crippen LogP contribution in [0.4, 0.5) is 60.5 Å². The van der Waals surface area contributed by atoms with Gasteiger partial charge in [-0.25, -0.2) is 26.3 Å². The lowest BCUT2D eigenvalue weighted by Gasteiger charge is -1.97. The third kappa shape index (κ3) is 37.5. The molecule has 0 amide bonds. The van der Waals surface area contributed by atoms with Crippen LogP contribution in [0.2, 0.25) is 0 Å². The molecule has 0 spiro atoms. The lowest BCUT2D eigenvalue weighted by molar-refractivity contribution is 0.628. The van der Waals surface area contributed by atoms with Gasteiger partial charge in [-0.3, -0.25) is 62.5 Å². The Morgan fingerprint density at radius 1 is 0.231 bits per heavy atom. The number of hydrogen-bond acceptors (Lipinski definition) is 18. The second-order valence-electron chi connectivity index (χ2n) is 13.8. The van der Waals surface area contributed by atoms with Gasteiger partial charge >= 0.3 is 0 Å². The van der Waals surface area contributed by atoms with E-state index in [0.29, 0.717) is 34.1 Å². The Balaban J connectivity index is 0.000000468. The molecule has 0 aliphatic rings. The SMILES string of the molecule is CN=C/C=N/Nc1cccc(F)c1.CN=C/C=N/Nc1cccc(F)c1.CN=C/C=N/Nc1cccc(F)c1.CN=C/C=N/Nc1cccc(F)c1.CN=C/C=N/Nc1cccc(F)c1.CN=C/C=N/Nc1cccc(F)c1. The van der Waals surface area contributed by atoms with Gasteiger partial charge < -0.3 is 0 Å². The maximum absolute atomic E-state index is 12.6. The van der Waals surface area contributed by atoms with Crippen LogP contribution in [0.3, 0.4) is 0 Å². The van der Waals surface area contributed by atoms with Crippen LogP contribution in [0.25, 0.3) is 0 Å². The Labute approximate surface area is 449 Å². The first-order valence-corrected chi connectivity index (χ1v) is 22.7. The highest BCUT2D eigenvalue weighted by molar-refractivity contribution is 6.17. The van der Waals surface area contributed by atoms with Crippen LogP contribution in [-0.2, 0) is 0 Å². The molecule has 6 N–H and O–H groups in total. The molecule has 78 heavy (non-hydrogen) atoms. The minimum Gasteiger partial charge on any atom is -0.295 e. The van der Waals surface area contributed by atoms with Crippen molar-refractivity contribution in [1.82, 2.24) is 0 Å². The number of hydrazone groups is 6. The van der Waals surface area contributed by atoms with Gasteiger partial charge in [0.2, 0.25) is 0 Å². The second kappa shape index (κ2) is 45.4. The van der Waals surface area contributed by atoms with Crippen LogP contribution in [0.5, 0.6) is 0 Å². The van der Waals surface area contributed by atoms with Crippen molar-refractivity contribution < 1.29 is 26.3 Å². The zero-order valence-electron chi connectivity index (χ0n) is 43.4. The molecule has 0 atom stereocenters. The van der Waals surface area contributed by atoms with E-state index in [2.05, 4.69) is 93.1 Å². The highest BCUT2D eigenvalue weighted by atomic mass is 19.1. The Morgan fingerprint density at radius 3 is 0.487 bits per heavy atom. The fourth-order valence-electron chi connectivity index (χ4n) is 4.62. The van der Waals surface area contributed by atoms with Crippen LogP contribution >= 0.6 is 0 Å². The fourth-order valence-corrected chi connectivity index (χ4v) is 4.62. The zero-order valence-corrected chi connectivity index (χ0v) is 43.4.